The van der Waals surface area contributed by atoms with E-state index in [0.717, 1.165) is 28.3 Å². The van der Waals surface area contributed by atoms with E-state index in [1.54, 1.807) is 68.4 Å². The fourth-order valence-corrected chi connectivity index (χ4v) is 5.99. The zero-order valence-electron chi connectivity index (χ0n) is 23.2. The first-order valence-electron chi connectivity index (χ1n) is 13.1. The number of hydrogen-bond acceptors (Lipinski definition) is 4. The van der Waals surface area contributed by atoms with Crippen LogP contribution in [0.25, 0.3) is 0 Å². The van der Waals surface area contributed by atoms with Gasteiger partial charge in [0.15, 0.2) is 0 Å². The van der Waals surface area contributed by atoms with Crippen molar-refractivity contribution in [2.24, 2.45) is 0 Å². The zero-order chi connectivity index (χ0) is 29.4. The number of unbranched alkanes of at least 4 members (excludes halogenated alkanes) is 1. The topological polar surface area (TPSA) is 86.8 Å². The minimum atomic E-state index is -4.15. The van der Waals surface area contributed by atoms with Crippen LogP contribution in [0.15, 0.2) is 71.6 Å². The second kappa shape index (κ2) is 14.0. The Labute approximate surface area is 247 Å². The van der Waals surface area contributed by atoms with Crippen LogP contribution in [0.1, 0.15) is 43.4 Å². The Kier molecular flexibility index (Phi) is 11.0. The molecule has 0 aliphatic rings. The highest BCUT2D eigenvalue weighted by Crippen LogP contribution is 2.29. The zero-order valence-corrected chi connectivity index (χ0v) is 25.5. The van der Waals surface area contributed by atoms with Gasteiger partial charge >= 0.3 is 0 Å². The first-order chi connectivity index (χ1) is 18.9. The Balaban J connectivity index is 2.03. The first kappa shape index (κ1) is 31.5. The van der Waals surface area contributed by atoms with Gasteiger partial charge in [0.2, 0.25) is 11.8 Å². The Morgan fingerprint density at radius 1 is 0.925 bits per heavy atom. The SMILES string of the molecule is CCCCNC(=O)[C@@H](C)N(Cc1ccc(Cl)cc1)C(=O)CN(c1ccc(Cl)cc1C)S(=O)(=O)c1ccc(C)cc1. The monoisotopic (exact) mass is 603 g/mol. The highest BCUT2D eigenvalue weighted by molar-refractivity contribution is 7.92. The van der Waals surface area contributed by atoms with Gasteiger partial charge in [0.25, 0.3) is 10.0 Å². The number of hydrogen-bond donors (Lipinski definition) is 1. The lowest BCUT2D eigenvalue weighted by Gasteiger charge is -2.32. The summed E-state index contributed by atoms with van der Waals surface area (Å²) in [5, 5.41) is 3.86. The quantitative estimate of drug-likeness (QED) is 0.252. The number of sulfonamides is 1. The molecule has 3 aromatic rings. The molecule has 0 unspecified atom stereocenters. The molecule has 0 saturated carbocycles. The maximum atomic E-state index is 14.0. The van der Waals surface area contributed by atoms with E-state index in [-0.39, 0.29) is 17.3 Å². The maximum absolute atomic E-state index is 14.0. The van der Waals surface area contributed by atoms with Gasteiger partial charge in [-0.15, -0.1) is 0 Å². The molecule has 1 atom stereocenters. The molecule has 10 heteroatoms. The van der Waals surface area contributed by atoms with Crippen LogP contribution in [0, 0.1) is 13.8 Å². The molecule has 0 spiro atoms. The summed E-state index contributed by atoms with van der Waals surface area (Å²) < 4.78 is 29.0. The number of halogens is 2. The van der Waals surface area contributed by atoms with Crippen LogP contribution in [0.3, 0.4) is 0 Å². The molecule has 0 heterocycles. The average molecular weight is 605 g/mol. The lowest BCUT2D eigenvalue weighted by atomic mass is 10.1. The largest absolute Gasteiger partial charge is 0.354 e. The molecule has 40 heavy (non-hydrogen) atoms. The minimum Gasteiger partial charge on any atom is -0.354 e. The van der Waals surface area contributed by atoms with Crippen molar-refractivity contribution in [2.75, 3.05) is 17.4 Å². The minimum absolute atomic E-state index is 0.0508. The number of nitrogens with zero attached hydrogens (tertiary/aromatic N) is 2. The molecule has 0 bridgehead atoms. The summed E-state index contributed by atoms with van der Waals surface area (Å²) in [4.78, 5) is 28.5. The molecule has 2 amide bonds. The van der Waals surface area contributed by atoms with E-state index in [1.165, 1.54) is 17.0 Å². The average Bonchev–Trinajstić information content (AvgIpc) is 2.91. The van der Waals surface area contributed by atoms with E-state index >= 15 is 0 Å². The van der Waals surface area contributed by atoms with Crippen molar-refractivity contribution in [3.63, 3.8) is 0 Å². The number of carbonyl (C=O) groups is 2. The Hall–Kier alpha value is -3.07. The summed E-state index contributed by atoms with van der Waals surface area (Å²) >= 11 is 12.2. The summed E-state index contributed by atoms with van der Waals surface area (Å²) in [5.74, 6) is -0.843. The number of benzene rings is 3. The number of amides is 2. The van der Waals surface area contributed by atoms with E-state index < -0.39 is 28.5 Å². The van der Waals surface area contributed by atoms with Gasteiger partial charge in [-0.1, -0.05) is 66.4 Å². The predicted octanol–water partition coefficient (Wildman–Crippen LogP) is 6.14. The molecule has 1 N–H and O–H groups in total. The van der Waals surface area contributed by atoms with Gasteiger partial charge in [0, 0.05) is 23.1 Å². The highest BCUT2D eigenvalue weighted by atomic mass is 35.5. The van der Waals surface area contributed by atoms with Crippen molar-refractivity contribution in [2.45, 2.75) is 58.0 Å². The van der Waals surface area contributed by atoms with Crippen LogP contribution in [0.5, 0.6) is 0 Å². The van der Waals surface area contributed by atoms with E-state index in [9.17, 15) is 18.0 Å². The van der Waals surface area contributed by atoms with Crippen LogP contribution >= 0.6 is 23.2 Å². The Morgan fingerprint density at radius 2 is 1.55 bits per heavy atom. The van der Waals surface area contributed by atoms with Crippen LogP contribution in [0.2, 0.25) is 10.0 Å². The molecule has 214 valence electrons. The third kappa shape index (κ3) is 7.99. The molecular weight excluding hydrogens is 569 g/mol. The van der Waals surface area contributed by atoms with Crippen LogP contribution in [-0.4, -0.2) is 44.3 Å². The standard InChI is InChI=1S/C30H35Cl2N3O4S/c1-5-6-17-33-30(37)23(4)34(19-24-9-11-25(31)12-10-24)29(36)20-35(28-16-13-26(32)18-22(28)3)40(38,39)27-14-7-21(2)8-15-27/h7-16,18,23H,5-6,17,19-20H2,1-4H3,(H,33,37)/t23-/m1/s1. The fraction of sp³-hybridized carbons (Fsp3) is 0.333. The summed E-state index contributed by atoms with van der Waals surface area (Å²) in [6, 6.07) is 17.4. The number of anilines is 1. The molecular formula is C30H35Cl2N3O4S. The lowest BCUT2D eigenvalue weighted by molar-refractivity contribution is -0.139. The lowest BCUT2D eigenvalue weighted by Crippen LogP contribution is -2.51. The number of nitrogens with one attached hydrogen (secondary N) is 1. The van der Waals surface area contributed by atoms with Crippen molar-refractivity contribution in [1.29, 1.82) is 0 Å². The van der Waals surface area contributed by atoms with E-state index in [1.807, 2.05) is 13.8 Å². The van der Waals surface area contributed by atoms with Crippen molar-refractivity contribution in [3.05, 3.63) is 93.5 Å². The van der Waals surface area contributed by atoms with Gasteiger partial charge in [0.05, 0.1) is 10.6 Å². The molecule has 0 aliphatic heterocycles. The molecule has 3 aromatic carbocycles. The Morgan fingerprint density at radius 3 is 2.15 bits per heavy atom. The van der Waals surface area contributed by atoms with Crippen molar-refractivity contribution >= 4 is 50.7 Å². The number of aryl methyl sites for hydroxylation is 2. The molecule has 0 fully saturated rings. The van der Waals surface area contributed by atoms with Crippen LogP contribution in [0.4, 0.5) is 5.69 Å². The third-order valence-corrected chi connectivity index (χ3v) is 8.84. The molecule has 0 aliphatic carbocycles. The molecule has 0 aromatic heterocycles. The van der Waals surface area contributed by atoms with Gasteiger partial charge in [-0.2, -0.15) is 0 Å². The smallest absolute Gasteiger partial charge is 0.264 e. The maximum Gasteiger partial charge on any atom is 0.264 e. The second-order valence-corrected chi connectivity index (χ2v) is 12.5. The number of rotatable bonds is 12. The molecule has 3 rings (SSSR count). The summed E-state index contributed by atoms with van der Waals surface area (Å²) in [6.07, 6.45) is 1.72. The van der Waals surface area contributed by atoms with Crippen LogP contribution < -0.4 is 9.62 Å². The van der Waals surface area contributed by atoms with Crippen molar-refractivity contribution in [3.8, 4) is 0 Å². The van der Waals surface area contributed by atoms with Crippen molar-refractivity contribution in [1.82, 2.24) is 10.2 Å². The summed E-state index contributed by atoms with van der Waals surface area (Å²) in [7, 11) is -4.15. The predicted molar refractivity (Wildman–Crippen MR) is 161 cm³/mol. The van der Waals surface area contributed by atoms with E-state index in [0.29, 0.717) is 27.8 Å². The normalized spacial score (nSPS) is 12.1. The first-order valence-corrected chi connectivity index (χ1v) is 15.3. The van der Waals surface area contributed by atoms with Crippen molar-refractivity contribution < 1.29 is 18.0 Å². The molecule has 0 saturated heterocycles. The molecule has 0 radical (unpaired) electrons. The van der Waals surface area contributed by atoms with Gasteiger partial charge < -0.3 is 10.2 Å². The molecule has 7 nitrogen and oxygen atoms in total. The second-order valence-electron chi connectivity index (χ2n) is 9.72. The van der Waals surface area contributed by atoms with Gasteiger partial charge in [-0.25, -0.2) is 8.42 Å². The summed E-state index contributed by atoms with van der Waals surface area (Å²) in [5.41, 5.74) is 2.57. The third-order valence-electron chi connectivity index (χ3n) is 6.58. The fourth-order valence-electron chi connectivity index (χ4n) is 4.15. The Bertz CT molecular complexity index is 1430. The van der Waals surface area contributed by atoms with Gasteiger partial charge in [-0.3, -0.25) is 13.9 Å². The summed E-state index contributed by atoms with van der Waals surface area (Å²) in [6.45, 7) is 7.33. The van der Waals surface area contributed by atoms with E-state index in [2.05, 4.69) is 5.32 Å². The van der Waals surface area contributed by atoms with Crippen LogP contribution in [-0.2, 0) is 26.2 Å². The number of carbonyl (C=O) groups excluding carboxylic acids is 2. The van der Waals surface area contributed by atoms with E-state index in [4.69, 9.17) is 23.2 Å². The van der Waals surface area contributed by atoms with Gasteiger partial charge in [0.1, 0.15) is 12.6 Å². The highest BCUT2D eigenvalue weighted by Gasteiger charge is 2.33. The van der Waals surface area contributed by atoms with Gasteiger partial charge in [-0.05, 0) is 80.8 Å².